The van der Waals surface area contributed by atoms with E-state index in [4.69, 9.17) is 10.6 Å². The van der Waals surface area contributed by atoms with Gasteiger partial charge in [0.25, 0.3) is 0 Å². The van der Waals surface area contributed by atoms with Crippen molar-refractivity contribution in [1.82, 2.24) is 9.97 Å². The molecule has 1 heterocycles. The molecule has 0 bridgehead atoms. The molecule has 112 valence electrons. The number of nitrogen functional groups attached to an aromatic ring is 1. The van der Waals surface area contributed by atoms with Crippen LogP contribution in [0.1, 0.15) is 25.2 Å². The fourth-order valence-electron chi connectivity index (χ4n) is 1.98. The van der Waals surface area contributed by atoms with E-state index >= 15 is 0 Å². The Morgan fingerprint density at radius 3 is 2.62 bits per heavy atom. The smallest absolute Gasteiger partial charge is 0.158 e. The minimum absolute atomic E-state index is 0.357. The number of hydrogen-bond acceptors (Lipinski definition) is 6. The average molecular weight is 287 g/mol. The Hall–Kier alpha value is -2.18. The van der Waals surface area contributed by atoms with Crippen LogP contribution in [0.2, 0.25) is 0 Å². The van der Waals surface area contributed by atoms with Gasteiger partial charge >= 0.3 is 0 Å². The molecule has 4 N–H and O–H groups in total. The molecule has 0 unspecified atom stereocenters. The van der Waals surface area contributed by atoms with E-state index in [2.05, 4.69) is 33.7 Å². The third-order valence-corrected chi connectivity index (χ3v) is 3.02. The zero-order valence-electron chi connectivity index (χ0n) is 12.4. The highest BCUT2D eigenvalue weighted by Gasteiger charge is 2.06. The van der Waals surface area contributed by atoms with Gasteiger partial charge < -0.3 is 15.5 Å². The Bertz CT molecular complexity index is 588. The molecule has 0 atom stereocenters. The van der Waals surface area contributed by atoms with Crippen LogP contribution in [-0.4, -0.2) is 16.6 Å². The molecule has 1 aromatic carbocycles. The highest BCUT2D eigenvalue weighted by Crippen LogP contribution is 2.21. The molecule has 0 saturated carbocycles. The molecule has 0 aliphatic heterocycles. The van der Waals surface area contributed by atoms with Crippen LogP contribution in [0.15, 0.2) is 30.3 Å². The lowest BCUT2D eigenvalue weighted by molar-refractivity contribution is 0.128. The fraction of sp³-hybridized carbons (Fsp3) is 0.333. The van der Waals surface area contributed by atoms with E-state index in [0.29, 0.717) is 30.7 Å². The van der Waals surface area contributed by atoms with Crippen molar-refractivity contribution in [3.05, 3.63) is 41.7 Å². The van der Waals surface area contributed by atoms with E-state index in [0.717, 1.165) is 12.1 Å². The van der Waals surface area contributed by atoms with Crippen molar-refractivity contribution in [2.45, 2.75) is 26.9 Å². The summed E-state index contributed by atoms with van der Waals surface area (Å²) in [6, 6.07) is 9.90. The molecule has 0 fully saturated rings. The van der Waals surface area contributed by atoms with E-state index in [-0.39, 0.29) is 0 Å². The van der Waals surface area contributed by atoms with E-state index in [1.807, 2.05) is 25.1 Å². The molecular formula is C15H21N5O. The van der Waals surface area contributed by atoms with Gasteiger partial charge in [-0.15, -0.1) is 0 Å². The highest BCUT2D eigenvalue weighted by atomic mass is 16.5. The molecule has 21 heavy (non-hydrogen) atoms. The maximum Gasteiger partial charge on any atom is 0.158 e. The maximum atomic E-state index is 5.46. The lowest BCUT2D eigenvalue weighted by atomic mass is 10.1. The molecule has 0 amide bonds. The van der Waals surface area contributed by atoms with Gasteiger partial charge in [0.2, 0.25) is 0 Å². The van der Waals surface area contributed by atoms with Gasteiger partial charge in [-0.3, -0.25) is 0 Å². The van der Waals surface area contributed by atoms with Crippen LogP contribution in [0, 0.1) is 0 Å². The average Bonchev–Trinajstić information content (AvgIpc) is 2.53. The molecule has 2 rings (SSSR count). The predicted molar refractivity (Wildman–Crippen MR) is 84.3 cm³/mol. The molecule has 0 aliphatic carbocycles. The quantitative estimate of drug-likeness (QED) is 0.536. The first-order valence-electron chi connectivity index (χ1n) is 7.04. The summed E-state index contributed by atoms with van der Waals surface area (Å²) in [4.78, 5) is 8.71. The first kappa shape index (κ1) is 15.2. The van der Waals surface area contributed by atoms with Gasteiger partial charge in [0, 0.05) is 18.4 Å². The molecule has 0 saturated heterocycles. The Morgan fingerprint density at radius 2 is 1.90 bits per heavy atom. The van der Waals surface area contributed by atoms with Gasteiger partial charge in [-0.2, -0.15) is 0 Å². The molecule has 0 spiro atoms. The number of anilines is 3. The summed E-state index contributed by atoms with van der Waals surface area (Å²) < 4.78 is 5.35. The monoisotopic (exact) mass is 287 g/mol. The van der Waals surface area contributed by atoms with Crippen molar-refractivity contribution in [3.8, 4) is 0 Å². The summed E-state index contributed by atoms with van der Waals surface area (Å²) in [6.45, 7) is 5.02. The minimum Gasteiger partial charge on any atom is -0.374 e. The lowest BCUT2D eigenvalue weighted by Gasteiger charge is -2.12. The van der Waals surface area contributed by atoms with Gasteiger partial charge in [0.15, 0.2) is 5.82 Å². The number of benzene rings is 1. The molecule has 2 aromatic rings. The largest absolute Gasteiger partial charge is 0.374 e. The standard InChI is InChI=1S/C15H21N5O/c1-3-11-7-5-6-8-12(11)17-13-9-14(20-16)19-15(18-13)10-21-4-2/h5-9H,3-4,10,16H2,1-2H3,(H2,17,18,19,20). The molecule has 6 nitrogen and oxygen atoms in total. The van der Waals surface area contributed by atoms with Crippen molar-refractivity contribution in [3.63, 3.8) is 0 Å². The topological polar surface area (TPSA) is 85.1 Å². The summed E-state index contributed by atoms with van der Waals surface area (Å²) in [5.74, 6) is 7.28. The van der Waals surface area contributed by atoms with Crippen LogP contribution in [0.5, 0.6) is 0 Å². The number of ether oxygens (including phenoxy) is 1. The van der Waals surface area contributed by atoms with E-state index in [9.17, 15) is 0 Å². The third-order valence-electron chi connectivity index (χ3n) is 3.02. The number of para-hydroxylation sites is 1. The molecule has 6 heteroatoms. The van der Waals surface area contributed by atoms with Crippen molar-refractivity contribution in [1.29, 1.82) is 0 Å². The summed E-state index contributed by atoms with van der Waals surface area (Å²) in [5.41, 5.74) is 4.81. The van der Waals surface area contributed by atoms with Gasteiger partial charge in [-0.1, -0.05) is 25.1 Å². The normalized spacial score (nSPS) is 10.4. The van der Waals surface area contributed by atoms with Gasteiger partial charge in [-0.05, 0) is 25.0 Å². The van der Waals surface area contributed by atoms with Gasteiger partial charge in [0.05, 0.1) is 0 Å². The highest BCUT2D eigenvalue weighted by molar-refractivity contribution is 5.62. The number of nitrogens with zero attached hydrogens (tertiary/aromatic N) is 2. The van der Waals surface area contributed by atoms with Crippen LogP contribution in [0.3, 0.4) is 0 Å². The first-order valence-corrected chi connectivity index (χ1v) is 7.04. The Labute approximate surface area is 124 Å². The molecule has 0 aliphatic rings. The van der Waals surface area contributed by atoms with E-state index < -0.39 is 0 Å². The molecule has 0 radical (unpaired) electrons. The number of rotatable bonds is 7. The zero-order chi connectivity index (χ0) is 15.1. The van der Waals surface area contributed by atoms with Crippen molar-refractivity contribution in [2.24, 2.45) is 5.84 Å². The summed E-state index contributed by atoms with van der Waals surface area (Å²) >= 11 is 0. The second-order valence-corrected chi connectivity index (χ2v) is 4.47. The number of nitrogens with one attached hydrogen (secondary N) is 2. The predicted octanol–water partition coefficient (Wildman–Crippen LogP) is 2.60. The number of hydrazine groups is 1. The number of aromatic nitrogens is 2. The summed E-state index contributed by atoms with van der Waals surface area (Å²) in [5, 5.41) is 3.31. The van der Waals surface area contributed by atoms with Gasteiger partial charge in [-0.25, -0.2) is 15.8 Å². The summed E-state index contributed by atoms with van der Waals surface area (Å²) in [6.07, 6.45) is 0.946. The zero-order valence-corrected chi connectivity index (χ0v) is 12.4. The van der Waals surface area contributed by atoms with Crippen molar-refractivity contribution < 1.29 is 4.74 Å². The van der Waals surface area contributed by atoms with Crippen LogP contribution < -0.4 is 16.6 Å². The van der Waals surface area contributed by atoms with Crippen LogP contribution in [0.25, 0.3) is 0 Å². The Morgan fingerprint density at radius 1 is 1.14 bits per heavy atom. The maximum absolute atomic E-state index is 5.46. The van der Waals surface area contributed by atoms with Crippen LogP contribution >= 0.6 is 0 Å². The van der Waals surface area contributed by atoms with Crippen molar-refractivity contribution >= 4 is 17.3 Å². The Kier molecular flexibility index (Phi) is 5.48. The second kappa shape index (κ2) is 7.56. The lowest BCUT2D eigenvalue weighted by Crippen LogP contribution is -2.12. The number of hydrogen-bond donors (Lipinski definition) is 3. The molecule has 1 aromatic heterocycles. The van der Waals surface area contributed by atoms with E-state index in [1.54, 1.807) is 6.07 Å². The number of nitrogens with two attached hydrogens (primary N) is 1. The Balaban J connectivity index is 2.25. The first-order chi connectivity index (χ1) is 10.3. The minimum atomic E-state index is 0.357. The second-order valence-electron chi connectivity index (χ2n) is 4.47. The summed E-state index contributed by atoms with van der Waals surface area (Å²) in [7, 11) is 0. The van der Waals surface area contributed by atoms with Gasteiger partial charge in [0.1, 0.15) is 18.2 Å². The SMILES string of the molecule is CCOCc1nc(NN)cc(Nc2ccccc2CC)n1. The van der Waals surface area contributed by atoms with Crippen molar-refractivity contribution in [2.75, 3.05) is 17.3 Å². The molecular weight excluding hydrogens is 266 g/mol. The van der Waals surface area contributed by atoms with E-state index in [1.165, 1.54) is 5.56 Å². The van der Waals surface area contributed by atoms with Crippen LogP contribution in [-0.2, 0) is 17.8 Å². The van der Waals surface area contributed by atoms with Crippen LogP contribution in [0.4, 0.5) is 17.3 Å². The fourth-order valence-corrected chi connectivity index (χ4v) is 1.98. The third kappa shape index (κ3) is 4.14. The number of aryl methyl sites for hydroxylation is 1.